The Bertz CT molecular complexity index is 773. The molecule has 2 heteroatoms. The highest BCUT2D eigenvalue weighted by Gasteiger charge is 2.21. The van der Waals surface area contributed by atoms with E-state index in [1.54, 1.807) is 6.08 Å². The number of carbonyl (C=O) groups excluding carboxylic acids is 1. The zero-order chi connectivity index (χ0) is 16.4. The number of allylic oxidation sites excluding steroid dienone is 1. The van der Waals surface area contributed by atoms with Gasteiger partial charge in [-0.05, 0) is 28.2 Å². The van der Waals surface area contributed by atoms with E-state index in [2.05, 4.69) is 45.0 Å². The maximum atomic E-state index is 11.7. The van der Waals surface area contributed by atoms with E-state index in [1.165, 1.54) is 5.56 Å². The van der Waals surface area contributed by atoms with Crippen molar-refractivity contribution in [3.8, 4) is 0 Å². The van der Waals surface area contributed by atoms with Crippen LogP contribution in [-0.2, 0) is 14.9 Å². The average Bonchev–Trinajstić information content (AvgIpc) is 2.88. The molecule has 1 aliphatic heterocycles. The number of hydrogen-bond donors (Lipinski definition) is 0. The number of esters is 1. The summed E-state index contributed by atoms with van der Waals surface area (Å²) >= 11 is 0. The Balaban J connectivity index is 1.93. The molecule has 0 spiro atoms. The molecule has 2 aromatic rings. The predicted molar refractivity (Wildman–Crippen MR) is 93.6 cm³/mol. The monoisotopic (exact) mass is 304 g/mol. The van der Waals surface area contributed by atoms with Crippen molar-refractivity contribution in [1.82, 2.24) is 0 Å². The van der Waals surface area contributed by atoms with Crippen LogP contribution in [0.25, 0.3) is 11.6 Å². The minimum atomic E-state index is -0.318. The summed E-state index contributed by atoms with van der Waals surface area (Å²) in [5.41, 5.74) is 4.23. The molecule has 2 aromatic carbocycles. The van der Waals surface area contributed by atoms with E-state index in [-0.39, 0.29) is 11.4 Å². The topological polar surface area (TPSA) is 26.3 Å². The molecule has 0 aliphatic carbocycles. The van der Waals surface area contributed by atoms with Gasteiger partial charge in [0.25, 0.3) is 0 Å². The first-order chi connectivity index (χ1) is 10.9. The maximum absolute atomic E-state index is 11.7. The molecule has 3 rings (SSSR count). The molecule has 1 heterocycles. The molecule has 0 bridgehead atoms. The summed E-state index contributed by atoms with van der Waals surface area (Å²) in [5.74, 6) is 0.283. The Hall–Kier alpha value is -2.61. The van der Waals surface area contributed by atoms with Gasteiger partial charge in [0.1, 0.15) is 5.76 Å². The summed E-state index contributed by atoms with van der Waals surface area (Å²) in [6.45, 7) is 6.57. The van der Waals surface area contributed by atoms with E-state index in [0.717, 1.165) is 16.7 Å². The lowest BCUT2D eigenvalue weighted by atomic mass is 9.86. The van der Waals surface area contributed by atoms with Gasteiger partial charge in [0.2, 0.25) is 0 Å². The SMILES string of the molecule is CC(C)(C)c1ccc(C=C2OC(=O)C=C2c2ccccc2)cc1. The minimum absolute atomic E-state index is 0.126. The van der Waals surface area contributed by atoms with Crippen LogP contribution >= 0.6 is 0 Å². The number of cyclic esters (lactones) is 1. The number of benzene rings is 2. The van der Waals surface area contributed by atoms with Gasteiger partial charge in [-0.3, -0.25) is 0 Å². The summed E-state index contributed by atoms with van der Waals surface area (Å²) in [7, 11) is 0. The van der Waals surface area contributed by atoms with Gasteiger partial charge in [-0.1, -0.05) is 75.4 Å². The smallest absolute Gasteiger partial charge is 0.336 e. The average molecular weight is 304 g/mol. The third-order valence-electron chi connectivity index (χ3n) is 3.90. The third-order valence-corrected chi connectivity index (χ3v) is 3.90. The molecule has 23 heavy (non-hydrogen) atoms. The standard InChI is InChI=1S/C21H20O2/c1-21(2,3)17-11-9-15(10-12-17)13-19-18(14-20(22)23-19)16-7-5-4-6-8-16/h4-14H,1-3H3. The Kier molecular flexibility index (Phi) is 3.91. The zero-order valence-corrected chi connectivity index (χ0v) is 13.7. The third kappa shape index (κ3) is 3.42. The van der Waals surface area contributed by atoms with Crippen molar-refractivity contribution >= 4 is 17.6 Å². The van der Waals surface area contributed by atoms with E-state index in [4.69, 9.17) is 4.74 Å². The molecule has 0 amide bonds. The van der Waals surface area contributed by atoms with Crippen molar-refractivity contribution in [1.29, 1.82) is 0 Å². The second-order valence-electron chi connectivity index (χ2n) is 6.73. The van der Waals surface area contributed by atoms with Gasteiger partial charge in [0.15, 0.2) is 0 Å². The fourth-order valence-electron chi connectivity index (χ4n) is 2.56. The molecule has 0 radical (unpaired) electrons. The summed E-state index contributed by atoms with van der Waals surface area (Å²) in [6, 6.07) is 18.2. The fraction of sp³-hybridized carbons (Fsp3) is 0.190. The highest BCUT2D eigenvalue weighted by atomic mass is 16.5. The molecule has 0 unspecified atom stereocenters. The van der Waals surface area contributed by atoms with Crippen molar-refractivity contribution in [2.24, 2.45) is 0 Å². The van der Waals surface area contributed by atoms with Crippen LogP contribution in [-0.4, -0.2) is 5.97 Å². The number of carbonyl (C=O) groups is 1. The Morgan fingerprint density at radius 1 is 0.913 bits per heavy atom. The summed E-state index contributed by atoms with van der Waals surface area (Å²) in [4.78, 5) is 11.7. The molecular formula is C21H20O2. The van der Waals surface area contributed by atoms with Gasteiger partial charge in [0, 0.05) is 11.6 Å². The van der Waals surface area contributed by atoms with E-state index in [9.17, 15) is 4.79 Å². The molecule has 1 aliphatic rings. The molecule has 0 fully saturated rings. The molecule has 0 aromatic heterocycles. The first-order valence-corrected chi connectivity index (χ1v) is 7.75. The van der Waals surface area contributed by atoms with Crippen molar-refractivity contribution in [3.63, 3.8) is 0 Å². The van der Waals surface area contributed by atoms with Gasteiger partial charge in [-0.2, -0.15) is 0 Å². The van der Waals surface area contributed by atoms with E-state index in [1.807, 2.05) is 36.4 Å². The van der Waals surface area contributed by atoms with Gasteiger partial charge in [-0.25, -0.2) is 4.79 Å². The Morgan fingerprint density at radius 3 is 2.17 bits per heavy atom. The lowest BCUT2D eigenvalue weighted by molar-refractivity contribution is -0.132. The number of ether oxygens (including phenoxy) is 1. The first-order valence-electron chi connectivity index (χ1n) is 7.75. The van der Waals surface area contributed by atoms with Crippen LogP contribution in [0.2, 0.25) is 0 Å². The van der Waals surface area contributed by atoms with Crippen LogP contribution < -0.4 is 0 Å². The van der Waals surface area contributed by atoms with Crippen LogP contribution in [0.15, 0.2) is 66.4 Å². The van der Waals surface area contributed by atoms with Crippen LogP contribution in [0.5, 0.6) is 0 Å². The quantitative estimate of drug-likeness (QED) is 0.733. The lowest BCUT2D eigenvalue weighted by Crippen LogP contribution is -2.10. The molecule has 2 nitrogen and oxygen atoms in total. The maximum Gasteiger partial charge on any atom is 0.336 e. The molecule has 0 atom stereocenters. The highest BCUT2D eigenvalue weighted by molar-refractivity contribution is 6.03. The van der Waals surface area contributed by atoms with E-state index >= 15 is 0 Å². The van der Waals surface area contributed by atoms with Gasteiger partial charge in [0.05, 0.1) is 0 Å². The molecule has 0 saturated heterocycles. The van der Waals surface area contributed by atoms with Gasteiger partial charge >= 0.3 is 5.97 Å². The summed E-state index contributed by atoms with van der Waals surface area (Å²) in [6.07, 6.45) is 3.46. The lowest BCUT2D eigenvalue weighted by Gasteiger charge is -2.18. The normalized spacial score (nSPS) is 16.4. The van der Waals surface area contributed by atoms with Crippen molar-refractivity contribution < 1.29 is 9.53 Å². The van der Waals surface area contributed by atoms with E-state index in [0.29, 0.717) is 5.76 Å². The van der Waals surface area contributed by atoms with Crippen LogP contribution in [0, 0.1) is 0 Å². The minimum Gasteiger partial charge on any atom is -0.423 e. The van der Waals surface area contributed by atoms with E-state index < -0.39 is 0 Å². The highest BCUT2D eigenvalue weighted by Crippen LogP contribution is 2.31. The van der Waals surface area contributed by atoms with Crippen molar-refractivity contribution in [2.45, 2.75) is 26.2 Å². The second-order valence-corrected chi connectivity index (χ2v) is 6.73. The number of rotatable bonds is 2. The van der Waals surface area contributed by atoms with Crippen LogP contribution in [0.4, 0.5) is 0 Å². The summed E-state index contributed by atoms with van der Waals surface area (Å²) < 4.78 is 5.36. The number of hydrogen-bond acceptors (Lipinski definition) is 2. The predicted octanol–water partition coefficient (Wildman–Crippen LogP) is 4.97. The molecule has 0 saturated carbocycles. The largest absolute Gasteiger partial charge is 0.423 e. The van der Waals surface area contributed by atoms with Crippen LogP contribution in [0.1, 0.15) is 37.5 Å². The Labute approximate surface area is 137 Å². The van der Waals surface area contributed by atoms with Gasteiger partial charge in [-0.15, -0.1) is 0 Å². The second kappa shape index (κ2) is 5.88. The van der Waals surface area contributed by atoms with Crippen molar-refractivity contribution in [2.75, 3.05) is 0 Å². The van der Waals surface area contributed by atoms with Crippen LogP contribution in [0.3, 0.4) is 0 Å². The fourth-order valence-corrected chi connectivity index (χ4v) is 2.56. The molecular weight excluding hydrogens is 284 g/mol. The van der Waals surface area contributed by atoms with Crippen molar-refractivity contribution in [3.05, 3.63) is 83.1 Å². The summed E-state index contributed by atoms with van der Waals surface area (Å²) in [5, 5.41) is 0. The first kappa shape index (κ1) is 15.3. The molecule has 116 valence electrons. The Morgan fingerprint density at radius 2 is 1.57 bits per heavy atom. The molecule has 0 N–H and O–H groups in total. The van der Waals surface area contributed by atoms with Gasteiger partial charge < -0.3 is 4.74 Å². The zero-order valence-electron chi connectivity index (χ0n) is 13.7.